The fourth-order valence-corrected chi connectivity index (χ4v) is 4.80. The summed E-state index contributed by atoms with van der Waals surface area (Å²) in [5, 5.41) is 9.05. The molecule has 1 aliphatic carbocycles. The number of fused-ring (bicyclic) bond motifs is 2. The lowest BCUT2D eigenvalue weighted by molar-refractivity contribution is 0.0697. The van der Waals surface area contributed by atoms with Crippen molar-refractivity contribution >= 4 is 5.97 Å². The van der Waals surface area contributed by atoms with E-state index in [0.29, 0.717) is 11.0 Å². The van der Waals surface area contributed by atoms with Crippen molar-refractivity contribution in [1.82, 2.24) is 4.90 Å². The highest BCUT2D eigenvalue weighted by atomic mass is 16.4. The van der Waals surface area contributed by atoms with E-state index in [9.17, 15) is 4.79 Å². The number of aryl methyl sites for hydroxylation is 1. The molecule has 0 bridgehead atoms. The number of carbonyl (C=O) groups is 1. The molecule has 0 amide bonds. The zero-order valence-electron chi connectivity index (χ0n) is 14.6. The third-order valence-electron chi connectivity index (χ3n) is 5.95. The van der Waals surface area contributed by atoms with Crippen molar-refractivity contribution in [2.75, 3.05) is 13.1 Å². The minimum absolute atomic E-state index is 0.314. The monoisotopic (exact) mass is 335 g/mol. The highest BCUT2D eigenvalue weighted by Gasteiger charge is 2.39. The van der Waals surface area contributed by atoms with Crippen molar-refractivity contribution in [3.63, 3.8) is 0 Å². The summed E-state index contributed by atoms with van der Waals surface area (Å²) in [7, 11) is 0. The normalized spacial score (nSPS) is 23.4. The second-order valence-corrected chi connectivity index (χ2v) is 7.61. The lowest BCUT2D eigenvalue weighted by Crippen LogP contribution is -2.47. The number of benzene rings is 2. The molecule has 2 aromatic carbocycles. The lowest BCUT2D eigenvalue weighted by atomic mass is 9.66. The molecule has 25 heavy (non-hydrogen) atoms. The van der Waals surface area contributed by atoms with Gasteiger partial charge in [-0.25, -0.2) is 4.79 Å². The summed E-state index contributed by atoms with van der Waals surface area (Å²) >= 11 is 0. The molecule has 1 saturated heterocycles. The molecular weight excluding hydrogens is 310 g/mol. The van der Waals surface area contributed by atoms with Gasteiger partial charge in [0.25, 0.3) is 0 Å². The smallest absolute Gasteiger partial charge is 0.335 e. The second-order valence-electron chi connectivity index (χ2n) is 7.61. The highest BCUT2D eigenvalue weighted by Crippen LogP contribution is 2.43. The first-order valence-corrected chi connectivity index (χ1v) is 9.29. The third-order valence-corrected chi connectivity index (χ3v) is 5.95. The van der Waals surface area contributed by atoms with Gasteiger partial charge in [-0.1, -0.05) is 36.4 Å². The van der Waals surface area contributed by atoms with Crippen LogP contribution in [0, 0.1) is 0 Å². The maximum atomic E-state index is 11.0. The number of hydrogen-bond donors (Lipinski definition) is 1. The van der Waals surface area contributed by atoms with Crippen molar-refractivity contribution < 1.29 is 9.90 Å². The van der Waals surface area contributed by atoms with Crippen LogP contribution in [-0.2, 0) is 18.4 Å². The first-order chi connectivity index (χ1) is 12.2. The van der Waals surface area contributed by atoms with Gasteiger partial charge in [-0.2, -0.15) is 0 Å². The lowest BCUT2D eigenvalue weighted by Gasteiger charge is -2.46. The van der Waals surface area contributed by atoms with Crippen LogP contribution in [0.1, 0.15) is 52.7 Å². The maximum Gasteiger partial charge on any atom is 0.335 e. The zero-order chi connectivity index (χ0) is 17.3. The summed E-state index contributed by atoms with van der Waals surface area (Å²) in [5.74, 6) is -0.859. The average Bonchev–Trinajstić information content (AvgIpc) is 2.63. The summed E-state index contributed by atoms with van der Waals surface area (Å²) in [6.07, 6.45) is 6.32. The van der Waals surface area contributed by atoms with Gasteiger partial charge in [0.1, 0.15) is 0 Å². The van der Waals surface area contributed by atoms with E-state index in [1.807, 2.05) is 12.1 Å². The van der Waals surface area contributed by atoms with Crippen LogP contribution >= 0.6 is 0 Å². The molecule has 1 fully saturated rings. The van der Waals surface area contributed by atoms with Crippen molar-refractivity contribution in [3.05, 3.63) is 70.8 Å². The molecule has 1 N–H and O–H groups in total. The molecule has 3 nitrogen and oxygen atoms in total. The predicted octanol–water partition coefficient (Wildman–Crippen LogP) is 4.25. The van der Waals surface area contributed by atoms with E-state index in [0.717, 1.165) is 19.6 Å². The zero-order valence-corrected chi connectivity index (χ0v) is 14.6. The van der Waals surface area contributed by atoms with Crippen molar-refractivity contribution in [3.8, 4) is 0 Å². The number of carboxylic acids is 1. The molecule has 2 aliphatic rings. The van der Waals surface area contributed by atoms with Crippen molar-refractivity contribution in [2.45, 2.75) is 44.1 Å². The Bertz CT molecular complexity index is 768. The van der Waals surface area contributed by atoms with Gasteiger partial charge < -0.3 is 5.11 Å². The number of likely N-dealkylation sites (tertiary alicyclic amines) is 1. The molecule has 130 valence electrons. The van der Waals surface area contributed by atoms with Crippen LogP contribution in [0.15, 0.2) is 48.5 Å². The average molecular weight is 335 g/mol. The van der Waals surface area contributed by atoms with E-state index in [4.69, 9.17) is 5.11 Å². The SMILES string of the molecule is O=C(O)c1ccc(CN2CCCC3(CCCc4ccccc43)C2)cc1. The quantitative estimate of drug-likeness (QED) is 0.911. The molecule has 0 radical (unpaired) electrons. The minimum Gasteiger partial charge on any atom is -0.478 e. The van der Waals surface area contributed by atoms with Gasteiger partial charge in [0.15, 0.2) is 0 Å². The summed E-state index contributed by atoms with van der Waals surface area (Å²) in [6, 6.07) is 16.4. The Kier molecular flexibility index (Phi) is 4.34. The van der Waals surface area contributed by atoms with E-state index in [1.165, 1.54) is 37.7 Å². The fraction of sp³-hybridized carbons (Fsp3) is 0.409. The molecule has 1 heterocycles. The largest absolute Gasteiger partial charge is 0.478 e. The number of rotatable bonds is 3. The van der Waals surface area contributed by atoms with Gasteiger partial charge in [-0.05, 0) is 67.5 Å². The number of hydrogen-bond acceptors (Lipinski definition) is 2. The second kappa shape index (κ2) is 6.64. The molecule has 0 saturated carbocycles. The van der Waals surface area contributed by atoms with Gasteiger partial charge in [0.2, 0.25) is 0 Å². The minimum atomic E-state index is -0.859. The first kappa shape index (κ1) is 16.3. The molecular formula is C22H25NO2. The number of carboxylic acid groups (broad SMARTS) is 1. The molecule has 0 aromatic heterocycles. The van der Waals surface area contributed by atoms with Crippen LogP contribution in [0.25, 0.3) is 0 Å². The molecule has 4 rings (SSSR count). The van der Waals surface area contributed by atoms with E-state index in [2.05, 4.69) is 29.2 Å². The van der Waals surface area contributed by atoms with Gasteiger partial charge >= 0.3 is 5.97 Å². The standard InChI is InChI=1S/C22H25NO2/c24-21(25)19-10-8-17(9-11-19)15-23-14-4-13-22(16-23)12-3-6-18-5-1-2-7-20(18)22/h1-2,5,7-11H,3-4,6,12-16H2,(H,24,25). The summed E-state index contributed by atoms with van der Waals surface area (Å²) in [5.41, 5.74) is 4.99. The van der Waals surface area contributed by atoms with Crippen LogP contribution in [-0.4, -0.2) is 29.1 Å². The van der Waals surface area contributed by atoms with Crippen LogP contribution < -0.4 is 0 Å². The summed E-state index contributed by atoms with van der Waals surface area (Å²) in [6.45, 7) is 3.15. The van der Waals surface area contributed by atoms with Gasteiger partial charge in [-0.15, -0.1) is 0 Å². The van der Waals surface area contributed by atoms with Gasteiger partial charge in [-0.3, -0.25) is 4.90 Å². The number of piperidine rings is 1. The molecule has 1 spiro atoms. The summed E-state index contributed by atoms with van der Waals surface area (Å²) in [4.78, 5) is 13.6. The third kappa shape index (κ3) is 3.21. The maximum absolute atomic E-state index is 11.0. The molecule has 3 heteroatoms. The molecule has 1 atom stereocenters. The highest BCUT2D eigenvalue weighted by molar-refractivity contribution is 5.87. The van der Waals surface area contributed by atoms with Crippen molar-refractivity contribution in [1.29, 1.82) is 0 Å². The Morgan fingerprint density at radius 1 is 1.04 bits per heavy atom. The summed E-state index contributed by atoms with van der Waals surface area (Å²) < 4.78 is 0. The van der Waals surface area contributed by atoms with E-state index >= 15 is 0 Å². The van der Waals surface area contributed by atoms with Gasteiger partial charge in [0.05, 0.1) is 5.56 Å². The van der Waals surface area contributed by atoms with Crippen LogP contribution in [0.5, 0.6) is 0 Å². The van der Waals surface area contributed by atoms with Crippen LogP contribution in [0.3, 0.4) is 0 Å². The Balaban J connectivity index is 1.53. The van der Waals surface area contributed by atoms with E-state index in [-0.39, 0.29) is 0 Å². The number of aromatic carboxylic acids is 1. The van der Waals surface area contributed by atoms with Crippen LogP contribution in [0.2, 0.25) is 0 Å². The number of nitrogens with zero attached hydrogens (tertiary/aromatic N) is 1. The Hall–Kier alpha value is -2.13. The van der Waals surface area contributed by atoms with Gasteiger partial charge in [0, 0.05) is 18.5 Å². The fourth-order valence-electron chi connectivity index (χ4n) is 4.80. The van der Waals surface area contributed by atoms with Crippen LogP contribution in [0.4, 0.5) is 0 Å². The first-order valence-electron chi connectivity index (χ1n) is 9.29. The topological polar surface area (TPSA) is 40.5 Å². The van der Waals surface area contributed by atoms with E-state index < -0.39 is 5.97 Å². The molecule has 1 aliphatic heterocycles. The molecule has 1 unspecified atom stereocenters. The predicted molar refractivity (Wildman–Crippen MR) is 99.0 cm³/mol. The Morgan fingerprint density at radius 3 is 2.60 bits per heavy atom. The Morgan fingerprint density at radius 2 is 1.80 bits per heavy atom. The Labute approximate surface area is 149 Å². The van der Waals surface area contributed by atoms with E-state index in [1.54, 1.807) is 23.3 Å². The molecule has 2 aromatic rings. The van der Waals surface area contributed by atoms with Crippen molar-refractivity contribution in [2.24, 2.45) is 0 Å².